The third kappa shape index (κ3) is 3.61. The zero-order valence-electron chi connectivity index (χ0n) is 15.0. The predicted molar refractivity (Wildman–Crippen MR) is 98.1 cm³/mol. The van der Waals surface area contributed by atoms with Gasteiger partial charge in [0.2, 0.25) is 0 Å². The second-order valence-electron chi connectivity index (χ2n) is 7.03. The van der Waals surface area contributed by atoms with Crippen LogP contribution >= 0.6 is 0 Å². The molecule has 0 aromatic heterocycles. The lowest BCUT2D eigenvalue weighted by atomic mass is 9.81. The molecule has 4 rings (SSSR count). The Labute approximate surface area is 154 Å². The number of rotatable bonds is 5. The highest BCUT2D eigenvalue weighted by Gasteiger charge is 2.48. The molecule has 4 atom stereocenters. The van der Waals surface area contributed by atoms with Crippen LogP contribution in [0, 0.1) is 0 Å². The zero-order chi connectivity index (χ0) is 17.9. The van der Waals surface area contributed by atoms with Gasteiger partial charge in [0, 0.05) is 5.92 Å². The van der Waals surface area contributed by atoms with Gasteiger partial charge in [-0.15, -0.1) is 0 Å². The summed E-state index contributed by atoms with van der Waals surface area (Å²) in [6.45, 7) is 0. The molecule has 1 saturated carbocycles. The molecule has 0 unspecified atom stereocenters. The molecule has 2 aliphatic rings. The highest BCUT2D eigenvalue weighted by molar-refractivity contribution is 5.78. The first-order valence-electron chi connectivity index (χ1n) is 9.31. The molecule has 2 aromatic carbocycles. The molecule has 1 heterocycles. The Hall–Kier alpha value is -2.33. The summed E-state index contributed by atoms with van der Waals surface area (Å²) in [6.07, 6.45) is 3.53. The summed E-state index contributed by atoms with van der Waals surface area (Å²) in [5.41, 5.74) is 2.24. The van der Waals surface area contributed by atoms with Gasteiger partial charge < -0.3 is 14.2 Å². The van der Waals surface area contributed by atoms with Crippen molar-refractivity contribution in [2.24, 2.45) is 0 Å². The highest BCUT2D eigenvalue weighted by Crippen LogP contribution is 2.42. The van der Waals surface area contributed by atoms with Crippen LogP contribution in [0.3, 0.4) is 0 Å². The molecule has 2 aromatic rings. The maximum Gasteiger partial charge on any atom is 0.338 e. The van der Waals surface area contributed by atoms with Gasteiger partial charge in [0.15, 0.2) is 6.10 Å². The number of epoxide rings is 1. The van der Waals surface area contributed by atoms with Crippen LogP contribution in [0.4, 0.5) is 0 Å². The minimum absolute atomic E-state index is 0.0561. The van der Waals surface area contributed by atoms with E-state index in [4.69, 9.17) is 14.2 Å². The van der Waals surface area contributed by atoms with Gasteiger partial charge in [-0.25, -0.2) is 4.79 Å². The van der Waals surface area contributed by atoms with E-state index in [-0.39, 0.29) is 24.1 Å². The Kier molecular flexibility index (Phi) is 4.93. The molecular formula is C22H24O4. The molecule has 4 heteroatoms. The van der Waals surface area contributed by atoms with Crippen LogP contribution in [-0.2, 0) is 14.3 Å². The number of carbonyl (C=O) groups is 1. The summed E-state index contributed by atoms with van der Waals surface area (Å²) in [5.74, 6) is 0.840. The van der Waals surface area contributed by atoms with Crippen molar-refractivity contribution in [3.63, 3.8) is 0 Å². The summed E-state index contributed by atoms with van der Waals surface area (Å²) < 4.78 is 16.7. The molecule has 136 valence electrons. The number of carbonyl (C=O) groups excluding carboxylic acids is 1. The second-order valence-corrected chi connectivity index (χ2v) is 7.03. The number of hydrogen-bond acceptors (Lipinski definition) is 4. The van der Waals surface area contributed by atoms with Crippen molar-refractivity contribution in [1.29, 1.82) is 0 Å². The fourth-order valence-electron chi connectivity index (χ4n) is 3.87. The van der Waals surface area contributed by atoms with E-state index in [0.29, 0.717) is 0 Å². The van der Waals surface area contributed by atoms with Crippen molar-refractivity contribution < 1.29 is 19.0 Å². The maximum absolute atomic E-state index is 12.6. The van der Waals surface area contributed by atoms with Crippen molar-refractivity contribution in [3.05, 3.63) is 65.7 Å². The van der Waals surface area contributed by atoms with E-state index in [0.717, 1.165) is 30.6 Å². The van der Waals surface area contributed by atoms with E-state index < -0.39 is 6.10 Å². The van der Waals surface area contributed by atoms with Gasteiger partial charge in [-0.3, -0.25) is 0 Å². The van der Waals surface area contributed by atoms with E-state index in [1.807, 2.05) is 42.5 Å². The minimum Gasteiger partial charge on any atom is -0.497 e. The second kappa shape index (κ2) is 7.50. The number of methoxy groups -OCH3 is 1. The topological polar surface area (TPSA) is 48.1 Å². The maximum atomic E-state index is 12.6. The lowest BCUT2D eigenvalue weighted by molar-refractivity contribution is -0.153. The lowest BCUT2D eigenvalue weighted by Gasteiger charge is -2.31. The lowest BCUT2D eigenvalue weighted by Crippen LogP contribution is -2.30. The number of benzene rings is 2. The molecular weight excluding hydrogens is 328 g/mol. The Morgan fingerprint density at radius 1 is 0.962 bits per heavy atom. The first-order valence-corrected chi connectivity index (χ1v) is 9.31. The van der Waals surface area contributed by atoms with Crippen molar-refractivity contribution >= 4 is 5.97 Å². The molecule has 1 aliphatic carbocycles. The van der Waals surface area contributed by atoms with Crippen LogP contribution in [0.5, 0.6) is 5.75 Å². The molecule has 1 aliphatic heterocycles. The SMILES string of the molecule is COc1ccc([C@@H]2O[C@H]2C(=O)O[C@@H]2CCCC[C@H]2c2ccccc2)cc1. The van der Waals surface area contributed by atoms with Crippen LogP contribution in [0.15, 0.2) is 54.6 Å². The Balaban J connectivity index is 1.39. The summed E-state index contributed by atoms with van der Waals surface area (Å²) >= 11 is 0. The van der Waals surface area contributed by atoms with Gasteiger partial charge in [-0.2, -0.15) is 0 Å². The van der Waals surface area contributed by atoms with E-state index in [2.05, 4.69) is 12.1 Å². The molecule has 4 nitrogen and oxygen atoms in total. The van der Waals surface area contributed by atoms with Crippen LogP contribution in [0.1, 0.15) is 48.8 Å². The number of hydrogen-bond donors (Lipinski definition) is 0. The van der Waals surface area contributed by atoms with Gasteiger partial charge in [0.1, 0.15) is 18.0 Å². The number of ether oxygens (including phenoxy) is 3. The smallest absolute Gasteiger partial charge is 0.338 e. The Bertz CT molecular complexity index is 740. The number of esters is 1. The monoisotopic (exact) mass is 352 g/mol. The van der Waals surface area contributed by atoms with E-state index in [1.165, 1.54) is 12.0 Å². The van der Waals surface area contributed by atoms with Crippen LogP contribution < -0.4 is 4.74 Å². The fraction of sp³-hybridized carbons (Fsp3) is 0.409. The highest BCUT2D eigenvalue weighted by atomic mass is 16.6. The Morgan fingerprint density at radius 2 is 1.69 bits per heavy atom. The Morgan fingerprint density at radius 3 is 2.42 bits per heavy atom. The van der Waals surface area contributed by atoms with Crippen molar-refractivity contribution in [3.8, 4) is 5.75 Å². The fourth-order valence-corrected chi connectivity index (χ4v) is 3.87. The predicted octanol–water partition coefficient (Wildman–Crippen LogP) is 4.40. The molecule has 2 fully saturated rings. The third-order valence-corrected chi connectivity index (χ3v) is 5.37. The van der Waals surface area contributed by atoms with Gasteiger partial charge >= 0.3 is 5.97 Å². The first-order chi connectivity index (χ1) is 12.8. The molecule has 0 N–H and O–H groups in total. The minimum atomic E-state index is -0.484. The summed E-state index contributed by atoms with van der Waals surface area (Å²) in [4.78, 5) is 12.6. The molecule has 26 heavy (non-hydrogen) atoms. The van der Waals surface area contributed by atoms with Gasteiger partial charge in [-0.1, -0.05) is 48.9 Å². The van der Waals surface area contributed by atoms with Gasteiger partial charge in [-0.05, 0) is 42.5 Å². The van der Waals surface area contributed by atoms with Crippen LogP contribution in [0.25, 0.3) is 0 Å². The molecule has 1 saturated heterocycles. The molecule has 0 spiro atoms. The third-order valence-electron chi connectivity index (χ3n) is 5.37. The summed E-state index contributed by atoms with van der Waals surface area (Å²) in [6, 6.07) is 18.0. The van der Waals surface area contributed by atoms with E-state index in [9.17, 15) is 4.79 Å². The first kappa shape index (κ1) is 17.1. The van der Waals surface area contributed by atoms with Gasteiger partial charge in [0.05, 0.1) is 7.11 Å². The van der Waals surface area contributed by atoms with E-state index in [1.54, 1.807) is 7.11 Å². The average Bonchev–Trinajstić information content (AvgIpc) is 3.50. The van der Waals surface area contributed by atoms with Crippen LogP contribution in [-0.4, -0.2) is 25.3 Å². The standard InChI is InChI=1S/C22H24O4/c1-24-17-13-11-16(12-14-17)20-21(26-20)22(23)25-19-10-6-5-9-18(19)15-7-3-2-4-8-15/h2-4,7-8,11-14,18-21H,5-6,9-10H2,1H3/t18-,19+,20-,21+/m0/s1. The largest absolute Gasteiger partial charge is 0.497 e. The summed E-state index contributed by atoms with van der Waals surface area (Å²) in [5, 5.41) is 0. The van der Waals surface area contributed by atoms with Crippen molar-refractivity contribution in [2.45, 2.75) is 49.9 Å². The molecule has 0 amide bonds. The van der Waals surface area contributed by atoms with Gasteiger partial charge in [0.25, 0.3) is 0 Å². The molecule has 0 radical (unpaired) electrons. The van der Waals surface area contributed by atoms with Crippen LogP contribution in [0.2, 0.25) is 0 Å². The van der Waals surface area contributed by atoms with Crippen molar-refractivity contribution in [2.75, 3.05) is 7.11 Å². The van der Waals surface area contributed by atoms with Crippen molar-refractivity contribution in [1.82, 2.24) is 0 Å². The quantitative estimate of drug-likeness (QED) is 0.591. The summed E-state index contributed by atoms with van der Waals surface area (Å²) in [7, 11) is 1.64. The van der Waals surface area contributed by atoms with E-state index >= 15 is 0 Å². The zero-order valence-corrected chi connectivity index (χ0v) is 15.0. The average molecular weight is 352 g/mol. The molecule has 0 bridgehead atoms. The normalized spacial score (nSPS) is 27.6.